The minimum atomic E-state index is -0.404. The molecule has 92 valence electrons. The summed E-state index contributed by atoms with van der Waals surface area (Å²) < 4.78 is 5.46. The van der Waals surface area contributed by atoms with E-state index in [0.717, 1.165) is 12.8 Å². The number of ether oxygens (including phenoxy) is 1. The maximum absolute atomic E-state index is 11.8. The van der Waals surface area contributed by atoms with Gasteiger partial charge in [0.05, 0.1) is 17.5 Å². The largest absolute Gasteiger partial charge is 0.508 e. The summed E-state index contributed by atoms with van der Waals surface area (Å²) in [5, 5.41) is 11.9. The quantitative estimate of drug-likeness (QED) is 0.536. The van der Waals surface area contributed by atoms with Crippen LogP contribution in [0.5, 0.6) is 5.75 Å². The first-order valence-corrected chi connectivity index (χ1v) is 5.61. The third kappa shape index (κ3) is 2.68. The Kier molecular flexibility index (Phi) is 3.19. The molecule has 4 N–H and O–H groups in total. The van der Waals surface area contributed by atoms with E-state index in [9.17, 15) is 9.90 Å². The van der Waals surface area contributed by atoms with Crippen LogP contribution in [-0.4, -0.2) is 23.2 Å². The molecule has 2 unspecified atom stereocenters. The number of hydrogen-bond acceptors (Lipinski definition) is 4. The van der Waals surface area contributed by atoms with Crippen molar-refractivity contribution in [2.45, 2.75) is 32.0 Å². The van der Waals surface area contributed by atoms with Gasteiger partial charge in [-0.25, -0.2) is 0 Å². The molecule has 0 radical (unpaired) electrons. The fraction of sp³-hybridized carbons (Fsp3) is 0.417. The number of nitrogens with one attached hydrogen (secondary N) is 1. The van der Waals surface area contributed by atoms with Crippen molar-refractivity contribution < 1.29 is 14.6 Å². The van der Waals surface area contributed by atoms with Gasteiger partial charge in [-0.05, 0) is 31.9 Å². The Bertz CT molecular complexity index is 434. The number of rotatable bonds is 2. The Morgan fingerprint density at radius 2 is 2.29 bits per heavy atom. The molecule has 5 heteroatoms. The molecular formula is C12H16N2O3. The van der Waals surface area contributed by atoms with E-state index in [2.05, 4.69) is 5.32 Å². The second-order valence-corrected chi connectivity index (χ2v) is 4.27. The van der Waals surface area contributed by atoms with Gasteiger partial charge in [0.2, 0.25) is 0 Å². The molecule has 17 heavy (non-hydrogen) atoms. The van der Waals surface area contributed by atoms with Gasteiger partial charge in [0.25, 0.3) is 5.91 Å². The van der Waals surface area contributed by atoms with Crippen LogP contribution in [0.1, 0.15) is 19.8 Å². The van der Waals surface area contributed by atoms with E-state index >= 15 is 0 Å². The van der Waals surface area contributed by atoms with Gasteiger partial charge in [0.15, 0.2) is 0 Å². The molecule has 1 aromatic carbocycles. The lowest BCUT2D eigenvalue weighted by Gasteiger charge is -2.13. The fourth-order valence-electron chi connectivity index (χ4n) is 1.87. The molecule has 1 aliphatic rings. The molecule has 1 amide bonds. The topological polar surface area (TPSA) is 84.6 Å². The monoisotopic (exact) mass is 236 g/mol. The van der Waals surface area contributed by atoms with Crippen molar-refractivity contribution in [2.75, 3.05) is 11.1 Å². The summed E-state index contributed by atoms with van der Waals surface area (Å²) in [5.74, 6) is -0.113. The molecular weight excluding hydrogens is 220 g/mol. The molecule has 0 saturated carbocycles. The van der Waals surface area contributed by atoms with E-state index in [0.29, 0.717) is 11.4 Å². The normalized spacial score (nSPS) is 23.6. The minimum Gasteiger partial charge on any atom is -0.508 e. The third-order valence-electron chi connectivity index (χ3n) is 2.82. The number of carbonyl (C=O) groups excluding carboxylic acids is 1. The maximum Gasteiger partial charge on any atom is 0.253 e. The first-order chi connectivity index (χ1) is 8.06. The zero-order valence-electron chi connectivity index (χ0n) is 9.64. The van der Waals surface area contributed by atoms with Gasteiger partial charge in [0, 0.05) is 6.07 Å². The molecule has 0 aliphatic carbocycles. The van der Waals surface area contributed by atoms with Crippen LogP contribution in [0.4, 0.5) is 11.4 Å². The van der Waals surface area contributed by atoms with Crippen molar-refractivity contribution in [1.29, 1.82) is 0 Å². The number of aromatic hydroxyl groups is 1. The van der Waals surface area contributed by atoms with Crippen molar-refractivity contribution in [1.82, 2.24) is 0 Å². The molecule has 0 spiro atoms. The number of carbonyl (C=O) groups is 1. The Labute approximate surface area is 99.6 Å². The van der Waals surface area contributed by atoms with E-state index in [1.165, 1.54) is 12.1 Å². The molecule has 1 aliphatic heterocycles. The van der Waals surface area contributed by atoms with E-state index in [4.69, 9.17) is 10.5 Å². The van der Waals surface area contributed by atoms with Crippen LogP contribution in [0.25, 0.3) is 0 Å². The molecule has 2 rings (SSSR count). The van der Waals surface area contributed by atoms with Crippen molar-refractivity contribution in [3.63, 3.8) is 0 Å². The summed E-state index contributed by atoms with van der Waals surface area (Å²) in [4.78, 5) is 11.8. The second kappa shape index (κ2) is 4.63. The van der Waals surface area contributed by atoms with Gasteiger partial charge in [0.1, 0.15) is 11.9 Å². The molecule has 2 atom stereocenters. The first kappa shape index (κ1) is 11.7. The number of anilines is 2. The van der Waals surface area contributed by atoms with E-state index in [1.807, 2.05) is 6.92 Å². The van der Waals surface area contributed by atoms with Gasteiger partial charge < -0.3 is 20.9 Å². The van der Waals surface area contributed by atoms with Crippen LogP contribution in [0, 0.1) is 0 Å². The minimum absolute atomic E-state index is 0.0752. The van der Waals surface area contributed by atoms with Crippen molar-refractivity contribution in [2.24, 2.45) is 0 Å². The van der Waals surface area contributed by atoms with Crippen LogP contribution < -0.4 is 11.1 Å². The number of phenols is 1. The van der Waals surface area contributed by atoms with Crippen LogP contribution in [0.15, 0.2) is 18.2 Å². The first-order valence-electron chi connectivity index (χ1n) is 5.61. The highest BCUT2D eigenvalue weighted by molar-refractivity contribution is 5.97. The second-order valence-electron chi connectivity index (χ2n) is 4.27. The van der Waals surface area contributed by atoms with E-state index in [1.54, 1.807) is 6.07 Å². The predicted molar refractivity (Wildman–Crippen MR) is 64.7 cm³/mol. The van der Waals surface area contributed by atoms with Gasteiger partial charge in [-0.3, -0.25) is 4.79 Å². The fourth-order valence-corrected chi connectivity index (χ4v) is 1.87. The Morgan fingerprint density at radius 1 is 1.53 bits per heavy atom. The molecule has 5 nitrogen and oxygen atoms in total. The zero-order chi connectivity index (χ0) is 12.4. The van der Waals surface area contributed by atoms with E-state index in [-0.39, 0.29) is 17.8 Å². The summed E-state index contributed by atoms with van der Waals surface area (Å²) in [7, 11) is 0. The average Bonchev–Trinajstić information content (AvgIpc) is 2.69. The van der Waals surface area contributed by atoms with Gasteiger partial charge in [-0.15, -0.1) is 0 Å². The van der Waals surface area contributed by atoms with Gasteiger partial charge in [-0.1, -0.05) is 0 Å². The average molecular weight is 236 g/mol. The lowest BCUT2D eigenvalue weighted by atomic mass is 10.2. The van der Waals surface area contributed by atoms with Gasteiger partial charge in [-0.2, -0.15) is 0 Å². The number of hydrogen-bond donors (Lipinski definition) is 3. The summed E-state index contributed by atoms with van der Waals surface area (Å²) in [6.45, 7) is 1.95. The summed E-state index contributed by atoms with van der Waals surface area (Å²) >= 11 is 0. The smallest absolute Gasteiger partial charge is 0.253 e. The molecule has 1 heterocycles. The number of amides is 1. The van der Waals surface area contributed by atoms with E-state index < -0.39 is 6.10 Å². The number of benzene rings is 1. The lowest BCUT2D eigenvalue weighted by Crippen LogP contribution is -2.28. The number of nitrogen functional groups attached to an aromatic ring is 1. The van der Waals surface area contributed by atoms with Crippen LogP contribution in [0.2, 0.25) is 0 Å². The highest BCUT2D eigenvalue weighted by Crippen LogP contribution is 2.25. The molecule has 1 aromatic rings. The summed E-state index contributed by atoms with van der Waals surface area (Å²) in [5.41, 5.74) is 6.51. The Morgan fingerprint density at radius 3 is 2.88 bits per heavy atom. The highest BCUT2D eigenvalue weighted by atomic mass is 16.5. The third-order valence-corrected chi connectivity index (χ3v) is 2.82. The molecule has 0 bridgehead atoms. The standard InChI is InChI=1S/C12H16N2O3/c1-7-2-5-11(17-7)12(16)14-10-4-3-8(15)6-9(10)13/h3-4,6-7,11,15H,2,5,13H2,1H3,(H,14,16). The van der Waals surface area contributed by atoms with Crippen molar-refractivity contribution >= 4 is 17.3 Å². The van der Waals surface area contributed by atoms with Gasteiger partial charge >= 0.3 is 0 Å². The van der Waals surface area contributed by atoms with Crippen LogP contribution >= 0.6 is 0 Å². The zero-order valence-corrected chi connectivity index (χ0v) is 9.64. The highest BCUT2D eigenvalue weighted by Gasteiger charge is 2.28. The van der Waals surface area contributed by atoms with Crippen molar-refractivity contribution in [3.05, 3.63) is 18.2 Å². The number of nitrogens with two attached hydrogens (primary N) is 1. The maximum atomic E-state index is 11.8. The molecule has 1 fully saturated rings. The summed E-state index contributed by atoms with van der Waals surface area (Å²) in [6.07, 6.45) is 1.34. The Hall–Kier alpha value is -1.75. The van der Waals surface area contributed by atoms with Crippen LogP contribution in [-0.2, 0) is 9.53 Å². The van der Waals surface area contributed by atoms with Crippen LogP contribution in [0.3, 0.4) is 0 Å². The summed E-state index contributed by atoms with van der Waals surface area (Å²) in [6, 6.07) is 4.44. The lowest BCUT2D eigenvalue weighted by molar-refractivity contribution is -0.126. The molecule has 1 saturated heterocycles. The van der Waals surface area contributed by atoms with Crippen molar-refractivity contribution in [3.8, 4) is 5.75 Å². The Balaban J connectivity index is 2.03. The SMILES string of the molecule is CC1CCC(C(=O)Nc2ccc(O)cc2N)O1. The molecule has 0 aromatic heterocycles. The number of phenolic OH excluding ortho intramolecular Hbond substituents is 1. The predicted octanol–water partition coefficient (Wildman–Crippen LogP) is 1.48.